The van der Waals surface area contributed by atoms with Crippen molar-refractivity contribution in [2.24, 2.45) is 0 Å². The zero-order valence-electron chi connectivity index (χ0n) is 8.01. The van der Waals surface area contributed by atoms with E-state index in [-0.39, 0.29) is 21.1 Å². The van der Waals surface area contributed by atoms with Gasteiger partial charge in [0.05, 0.1) is 0 Å². The van der Waals surface area contributed by atoms with Gasteiger partial charge >= 0.3 is 33.9 Å². The van der Waals surface area contributed by atoms with Crippen LogP contribution in [0.4, 0.5) is 0 Å². The van der Waals surface area contributed by atoms with Gasteiger partial charge in [-0.05, 0) is 0 Å². The Kier molecular flexibility index (Phi) is 149. The molecule has 0 aromatic heterocycles. The van der Waals surface area contributed by atoms with Crippen LogP contribution < -0.4 is 0 Å². The fourth-order valence-electron chi connectivity index (χ4n) is 0.321. The van der Waals surface area contributed by atoms with Crippen molar-refractivity contribution in [3.05, 3.63) is 69.9 Å². The molecule has 0 radical (unpaired) electrons. The van der Waals surface area contributed by atoms with E-state index < -0.39 is 0 Å². The summed E-state index contributed by atoms with van der Waals surface area (Å²) in [6.45, 7) is 20.0. The number of rotatable bonds is 0. The van der Waals surface area contributed by atoms with Crippen LogP contribution in [-0.2, 0) is 35.0 Å². The minimum absolute atomic E-state index is 0. The van der Waals surface area contributed by atoms with Crippen molar-refractivity contribution in [1.82, 2.24) is 0 Å². The Morgan fingerprint density at radius 3 is 1.27 bits per heavy atom. The molecule has 0 aliphatic carbocycles. The van der Waals surface area contributed by atoms with Gasteiger partial charge in [0, 0.05) is 21.1 Å². The molecular weight excluding hydrogens is 364 g/mol. The third kappa shape index (κ3) is 102. The molecule has 0 aliphatic rings. The molecule has 3 nitrogen and oxygen atoms in total. The summed E-state index contributed by atoms with van der Waals surface area (Å²) in [5, 5.41) is 0. The van der Waals surface area contributed by atoms with Crippen molar-refractivity contribution in [2.45, 2.75) is 0 Å². The largest absolute Gasteiger partial charge is 0.214 e. The molecule has 0 heterocycles. The summed E-state index contributed by atoms with van der Waals surface area (Å²) in [4.78, 5) is 0. The van der Waals surface area contributed by atoms with Crippen molar-refractivity contribution in [2.75, 3.05) is 0 Å². The standard InChI is InChI=1S/C5H5.C3H5.3CO.W/c1-2-4-5-3-1;1-3-2;3*1-2;/h1-5H;3H,1-2H2;;;;/q2*-1;;;;. The summed E-state index contributed by atoms with van der Waals surface area (Å²) in [7, 11) is 0. The smallest absolute Gasteiger partial charge is 0 e. The second-order valence-electron chi connectivity index (χ2n) is 1.25. The summed E-state index contributed by atoms with van der Waals surface area (Å²) < 4.78 is 22.5. The Morgan fingerprint density at radius 1 is 1.00 bits per heavy atom. The summed E-state index contributed by atoms with van der Waals surface area (Å²) in [5.41, 5.74) is 0. The molecule has 0 amide bonds. The van der Waals surface area contributed by atoms with Gasteiger partial charge < -0.3 is 0 Å². The third-order valence-corrected chi connectivity index (χ3v) is 0.556. The Labute approximate surface area is 105 Å². The minimum atomic E-state index is 0. The van der Waals surface area contributed by atoms with E-state index in [1.807, 2.05) is 30.3 Å². The monoisotopic (exact) mass is 374 g/mol. The van der Waals surface area contributed by atoms with Crippen molar-refractivity contribution in [3.8, 4) is 0 Å². The van der Waals surface area contributed by atoms with Gasteiger partial charge in [-0.25, -0.2) is 31.7 Å². The van der Waals surface area contributed by atoms with Gasteiger partial charge in [0.15, 0.2) is 0 Å². The van der Waals surface area contributed by atoms with Crippen LogP contribution in [0.1, 0.15) is 0 Å². The maximum absolute atomic E-state index is 7.50. The van der Waals surface area contributed by atoms with Crippen LogP contribution in [0.5, 0.6) is 0 Å². The summed E-state index contributed by atoms with van der Waals surface area (Å²) >= 11 is 0. The van der Waals surface area contributed by atoms with Crippen LogP contribution in [0.2, 0.25) is 0 Å². The van der Waals surface area contributed by atoms with E-state index in [1.54, 1.807) is 0 Å². The number of allylic oxidation sites excluding steroid dienone is 1. The molecule has 0 fully saturated rings. The molecule has 15 heavy (non-hydrogen) atoms. The molecular formula is C11H10O3W-2. The molecule has 0 unspecified atom stereocenters. The number of hydrogen-bond donors (Lipinski definition) is 0. The first kappa shape index (κ1) is 29.2. The molecule has 1 aromatic carbocycles. The van der Waals surface area contributed by atoms with Gasteiger partial charge in [-0.2, -0.15) is 18.2 Å². The zero-order valence-corrected chi connectivity index (χ0v) is 10.9. The Balaban J connectivity index is -0.0000000299. The average Bonchev–Trinajstić information content (AvgIpc) is 2.85. The predicted octanol–water partition coefficient (Wildman–Crippen LogP) is 2.30. The van der Waals surface area contributed by atoms with E-state index in [2.05, 4.69) is 33.5 Å². The van der Waals surface area contributed by atoms with E-state index in [1.165, 1.54) is 6.08 Å². The van der Waals surface area contributed by atoms with Crippen LogP contribution in [0.25, 0.3) is 0 Å². The van der Waals surface area contributed by atoms with Crippen molar-refractivity contribution < 1.29 is 35.0 Å². The van der Waals surface area contributed by atoms with E-state index in [0.717, 1.165) is 0 Å². The van der Waals surface area contributed by atoms with Gasteiger partial charge in [0.25, 0.3) is 0 Å². The first-order valence-corrected chi connectivity index (χ1v) is 3.10. The molecule has 0 saturated carbocycles. The van der Waals surface area contributed by atoms with Crippen LogP contribution >= 0.6 is 0 Å². The molecule has 80 valence electrons. The topological polar surface area (TPSA) is 59.7 Å². The van der Waals surface area contributed by atoms with E-state index in [9.17, 15) is 0 Å². The molecule has 0 aliphatic heterocycles. The van der Waals surface area contributed by atoms with Crippen LogP contribution in [0, 0.1) is 26.9 Å². The summed E-state index contributed by atoms with van der Waals surface area (Å²) in [6.07, 6.45) is 1.50. The SMILES string of the molecule is C=C[CH2-].[C-]#[O+].[C-]#[O+].[C-]#[O+].[W].c1cc[cH-]c1. The van der Waals surface area contributed by atoms with Crippen LogP contribution in [0.3, 0.4) is 0 Å². The maximum atomic E-state index is 7.50. The van der Waals surface area contributed by atoms with Crippen molar-refractivity contribution in [1.29, 1.82) is 0 Å². The predicted molar refractivity (Wildman–Crippen MR) is 49.4 cm³/mol. The average molecular weight is 374 g/mol. The fourth-order valence-corrected chi connectivity index (χ4v) is 0.321. The Bertz CT molecular complexity index is 178. The van der Waals surface area contributed by atoms with E-state index in [0.29, 0.717) is 0 Å². The van der Waals surface area contributed by atoms with Gasteiger partial charge in [-0.15, -0.1) is 0 Å². The van der Waals surface area contributed by atoms with Gasteiger partial charge in [0.1, 0.15) is 0 Å². The zero-order chi connectivity index (χ0) is 12.2. The molecule has 4 heteroatoms. The first-order valence-electron chi connectivity index (χ1n) is 3.10. The molecule has 0 saturated heterocycles. The Hall–Kier alpha value is -1.13. The number of hydrogen-bond acceptors (Lipinski definition) is 0. The summed E-state index contributed by atoms with van der Waals surface area (Å²) in [6, 6.07) is 10.0. The van der Waals surface area contributed by atoms with Gasteiger partial charge in [-0.3, -0.25) is 0 Å². The summed E-state index contributed by atoms with van der Waals surface area (Å²) in [5.74, 6) is 0. The second-order valence-corrected chi connectivity index (χ2v) is 1.25. The first-order chi connectivity index (χ1) is 6.91. The molecule has 0 bridgehead atoms. The van der Waals surface area contributed by atoms with Crippen molar-refractivity contribution >= 4 is 0 Å². The minimum Gasteiger partial charge on any atom is -0.214 e. The molecule has 0 atom stereocenters. The fraction of sp³-hybridized carbons (Fsp3) is 0. The normalized spacial score (nSPS) is 3.87. The van der Waals surface area contributed by atoms with Gasteiger partial charge in [-0.1, -0.05) is 0 Å². The van der Waals surface area contributed by atoms with E-state index >= 15 is 0 Å². The second kappa shape index (κ2) is 76.5. The third-order valence-electron chi connectivity index (χ3n) is 0.556. The molecule has 1 rings (SSSR count). The molecule has 1 aromatic rings. The Morgan fingerprint density at radius 2 is 1.20 bits per heavy atom. The van der Waals surface area contributed by atoms with Gasteiger partial charge in [0.2, 0.25) is 0 Å². The van der Waals surface area contributed by atoms with E-state index in [4.69, 9.17) is 14.0 Å². The molecule has 0 spiro atoms. The van der Waals surface area contributed by atoms with Crippen molar-refractivity contribution in [3.63, 3.8) is 0 Å². The quantitative estimate of drug-likeness (QED) is 0.495. The maximum Gasteiger partial charge on any atom is 0 e. The van der Waals surface area contributed by atoms with Crippen LogP contribution in [-0.4, -0.2) is 0 Å². The molecule has 0 N–H and O–H groups in total. The van der Waals surface area contributed by atoms with Crippen LogP contribution in [0.15, 0.2) is 43.0 Å².